The molecular formula is C70H118N2O56. The summed E-state index contributed by atoms with van der Waals surface area (Å²) in [5, 5.41) is 372. The fourth-order valence-electron chi connectivity index (χ4n) is 16.5. The van der Waals surface area contributed by atoms with Gasteiger partial charge in [0, 0.05) is 13.8 Å². The Balaban J connectivity index is 0.961. The molecule has 11 fully saturated rings. The number of aliphatic hydroxyl groups is 33. The third kappa shape index (κ3) is 22.5. The number of carbonyl (C=O) groups is 2. The van der Waals surface area contributed by atoms with Crippen molar-refractivity contribution in [3.63, 3.8) is 0 Å². The Morgan fingerprint density at radius 3 is 0.773 bits per heavy atom. The van der Waals surface area contributed by atoms with Crippen molar-refractivity contribution in [3.05, 3.63) is 0 Å². The van der Waals surface area contributed by atoms with Crippen LogP contribution in [0, 0.1) is 0 Å². The van der Waals surface area contributed by atoms with Gasteiger partial charge in [0.05, 0.1) is 72.7 Å². The van der Waals surface area contributed by atoms with E-state index in [2.05, 4.69) is 10.6 Å². The van der Waals surface area contributed by atoms with Crippen molar-refractivity contribution in [2.45, 2.75) is 351 Å². The molecule has 11 aliphatic heterocycles. The minimum atomic E-state index is -2.69. The summed E-state index contributed by atoms with van der Waals surface area (Å²) in [4.78, 5) is 25.4. The molecule has 0 radical (unpaired) electrons. The quantitative estimate of drug-likeness (QED) is 0.0290. The van der Waals surface area contributed by atoms with Crippen molar-refractivity contribution >= 4 is 11.8 Å². The first-order chi connectivity index (χ1) is 60.7. The van der Waals surface area contributed by atoms with E-state index < -0.39 is 422 Å². The lowest BCUT2D eigenvalue weighted by Crippen LogP contribution is -2.70. The van der Waals surface area contributed by atoms with Crippen LogP contribution in [-0.4, -0.2) is 591 Å². The zero-order chi connectivity index (χ0) is 94.0. The third-order valence-corrected chi connectivity index (χ3v) is 23.8. The van der Waals surface area contributed by atoms with Gasteiger partial charge in [0.2, 0.25) is 11.8 Å². The van der Waals surface area contributed by atoms with Gasteiger partial charge in [0.1, 0.15) is 268 Å². The maximum atomic E-state index is 13.1. The van der Waals surface area contributed by atoms with Crippen LogP contribution in [0.15, 0.2) is 0 Å². The van der Waals surface area contributed by atoms with E-state index in [4.69, 9.17) is 99.5 Å². The molecule has 0 saturated carbocycles. The highest BCUT2D eigenvalue weighted by molar-refractivity contribution is 5.73. The van der Waals surface area contributed by atoms with Crippen molar-refractivity contribution < 1.29 is 278 Å². The summed E-state index contributed by atoms with van der Waals surface area (Å²) in [5.41, 5.74) is 0. The van der Waals surface area contributed by atoms with Crippen LogP contribution < -0.4 is 10.6 Å². The Morgan fingerprint density at radius 2 is 0.430 bits per heavy atom. The van der Waals surface area contributed by atoms with Gasteiger partial charge in [0.25, 0.3) is 0 Å². The van der Waals surface area contributed by atoms with E-state index in [1.165, 1.54) is 0 Å². The second kappa shape index (κ2) is 45.8. The Hall–Kier alpha value is -3.22. The lowest BCUT2D eigenvalue weighted by atomic mass is 9.94. The topological polar surface area (TPSA) is 920 Å². The largest absolute Gasteiger partial charge is 0.394 e. The van der Waals surface area contributed by atoms with Crippen molar-refractivity contribution in [3.8, 4) is 0 Å². The summed E-state index contributed by atoms with van der Waals surface area (Å²) in [6.07, 6.45) is -117. The van der Waals surface area contributed by atoms with Crippen LogP contribution in [0.3, 0.4) is 0 Å². The first-order valence-corrected chi connectivity index (χ1v) is 40.7. The number of amides is 2. The van der Waals surface area contributed by atoms with E-state index in [1.54, 1.807) is 0 Å². The molecule has 0 bridgehead atoms. The van der Waals surface area contributed by atoms with Gasteiger partial charge in [-0.1, -0.05) is 0 Å². The Morgan fingerprint density at radius 1 is 0.203 bits per heavy atom. The molecule has 11 rings (SSSR count). The smallest absolute Gasteiger partial charge is 0.217 e. The first-order valence-electron chi connectivity index (χ1n) is 40.7. The normalized spacial score (nSPS) is 51.7. The Bertz CT molecular complexity index is 3380. The van der Waals surface area contributed by atoms with Crippen LogP contribution in [0.1, 0.15) is 13.8 Å². The van der Waals surface area contributed by atoms with Crippen molar-refractivity contribution in [1.82, 2.24) is 10.6 Å². The standard InChI is InChI=1S/C70H118N2O56/c1-14(82)71-27-38(93)52(23(10-80)110-60(27)107)121-61-28(72-15(2)83)39(94)53(24(11-81)118-61)122-66-51(106)55(124-69-59(46(101)35(90)21(8-78)116-69)128-70-58(45(100)34(89)22(9-79)117-70)127-65-49(104)42(97)31(86)18(5-75)113-65)37(92)26(120-66)12-108-62-50(105)54(123-68-57(44(99)33(88)20(7-77)115-68)126-64-48(103)41(96)30(85)17(4-74)112-64)36(91)25(119-62)13-109-67-56(43(98)32(87)19(6-76)114-67)125-63-47(102)40(95)29(84)16(3-73)111-63/h16-70,73-81,84-107H,3-13H2,1-2H3,(H,71,82)(H,72,83)/t16-,17-,18-,19-,20-,21-,22-,23-,24-,25-,26-,27-,28-,29-,30-,31-,32-,33-,34-,35-,36-,37-,38-,39-,40+,41+,42+,43+,44+,45+,46+,47+,48+,49+,50+,51+,52-,53-,54+,55+,56+,57+,58+,59+,60?,61?,62?,63?,64?,65?,66?,67?,68?,69?,70?/m1/s1. The predicted octanol–water partition coefficient (Wildman–Crippen LogP) is -24.7. The highest BCUT2D eigenvalue weighted by Gasteiger charge is 2.62. The Kier molecular flexibility index (Phi) is 37.7. The molecule has 2 amide bonds. The number of carbonyl (C=O) groups excluding carboxylic acids is 2. The minimum Gasteiger partial charge on any atom is -0.394 e. The summed E-state index contributed by atoms with van der Waals surface area (Å²) < 4.78 is 124. The van der Waals surface area contributed by atoms with Gasteiger partial charge in [-0.3, -0.25) is 9.59 Å². The third-order valence-electron chi connectivity index (χ3n) is 23.8. The van der Waals surface area contributed by atoms with Gasteiger partial charge in [-0.25, -0.2) is 0 Å². The van der Waals surface area contributed by atoms with Crippen molar-refractivity contribution in [2.75, 3.05) is 72.7 Å². The van der Waals surface area contributed by atoms with E-state index in [9.17, 15) is 178 Å². The van der Waals surface area contributed by atoms with Crippen molar-refractivity contribution in [2.24, 2.45) is 0 Å². The molecule has 0 spiro atoms. The molecule has 744 valence electrons. The number of ether oxygens (including phenoxy) is 21. The molecule has 58 nitrogen and oxygen atoms in total. The number of rotatable bonds is 33. The van der Waals surface area contributed by atoms with Crippen LogP contribution in [0.25, 0.3) is 0 Å². The fraction of sp³-hybridized carbons (Fsp3) is 0.971. The molecule has 0 aromatic heterocycles. The van der Waals surface area contributed by atoms with Crippen LogP contribution in [-0.2, 0) is 109 Å². The molecule has 11 heterocycles. The monoisotopic (exact) mass is 1880 g/mol. The molecule has 55 atom stereocenters. The molecule has 0 aliphatic carbocycles. The summed E-state index contributed by atoms with van der Waals surface area (Å²) in [7, 11) is 0. The fourth-order valence-corrected chi connectivity index (χ4v) is 16.5. The highest BCUT2D eigenvalue weighted by atomic mass is 16.8. The van der Waals surface area contributed by atoms with E-state index in [-0.39, 0.29) is 0 Å². The lowest BCUT2D eigenvalue weighted by molar-refractivity contribution is -0.408. The number of hydrogen-bond donors (Lipinski definition) is 35. The second-order valence-electron chi connectivity index (χ2n) is 32.3. The van der Waals surface area contributed by atoms with Gasteiger partial charge in [-0.15, -0.1) is 0 Å². The zero-order valence-electron chi connectivity index (χ0n) is 67.7. The van der Waals surface area contributed by atoms with Gasteiger partial charge in [0.15, 0.2) is 69.2 Å². The van der Waals surface area contributed by atoms with Crippen LogP contribution in [0.4, 0.5) is 0 Å². The molecule has 11 aliphatic rings. The molecule has 58 heteroatoms. The van der Waals surface area contributed by atoms with Crippen LogP contribution in [0.5, 0.6) is 0 Å². The molecule has 11 saturated heterocycles. The first kappa shape index (κ1) is 105. The number of aliphatic hydroxyl groups excluding tert-OH is 33. The SMILES string of the molecule is CC(=O)N[C@H]1C(O)O[C@H](CO)[C@@H](OC2O[C@H](CO)[C@@H](OC3O[C@H](COC4O[C@H](COC5O[C@H](CO)[C@@H](O)[C@H](O)[C@@H]5OC5O[C@H](CO)[C@@H](O)[C@H](O)[C@@H]5O)[C@@H](O)[C@H](OC5O[C@H](CO)[C@@H](O)[C@H](O)[C@@H]5OC5O[C@H](CO)[C@@H](O)[C@H](O)[C@@H]5O)[C@@H]4O)[C@@H](O)[C@H](OC4O[C@H](CO)[C@@H](O)[C@H](O)[C@@H]4OC4O[C@H](CO)[C@@H](O)[C@H](O)[C@@H]4OC4O[C@H](CO)[C@@H](O)[C@H](O)[C@@H]4O)[C@@H]3O)[C@H](O)[C@H]2NC(C)=O)[C@@H]1O. The highest BCUT2D eigenvalue weighted by Crippen LogP contribution is 2.42. The van der Waals surface area contributed by atoms with E-state index in [0.717, 1.165) is 13.8 Å². The minimum absolute atomic E-state index is 0.824. The number of hydrogen-bond acceptors (Lipinski definition) is 56. The molecule has 11 unspecified atom stereocenters. The van der Waals surface area contributed by atoms with Crippen molar-refractivity contribution in [1.29, 1.82) is 0 Å². The van der Waals surface area contributed by atoms with E-state index >= 15 is 0 Å². The molecular weight excluding hydrogens is 1760 g/mol. The van der Waals surface area contributed by atoms with Gasteiger partial charge >= 0.3 is 0 Å². The second-order valence-corrected chi connectivity index (χ2v) is 32.3. The van der Waals surface area contributed by atoms with Gasteiger partial charge < -0.3 is 279 Å². The van der Waals surface area contributed by atoms with E-state index in [1.807, 2.05) is 0 Å². The lowest BCUT2D eigenvalue weighted by Gasteiger charge is -2.51. The van der Waals surface area contributed by atoms with Crippen LogP contribution in [0.2, 0.25) is 0 Å². The summed E-state index contributed by atoms with van der Waals surface area (Å²) in [5.74, 6) is -1.82. The van der Waals surface area contributed by atoms with Gasteiger partial charge in [-0.2, -0.15) is 0 Å². The maximum absolute atomic E-state index is 13.1. The van der Waals surface area contributed by atoms with Gasteiger partial charge in [-0.05, 0) is 0 Å². The molecule has 35 N–H and O–H groups in total. The predicted molar refractivity (Wildman–Crippen MR) is 386 cm³/mol. The molecule has 0 aromatic carbocycles. The summed E-state index contributed by atoms with van der Waals surface area (Å²) in [6.45, 7) is -10.9. The Labute approximate surface area is 722 Å². The number of nitrogens with one attached hydrogen (secondary N) is 2. The average Bonchev–Trinajstić information content (AvgIpc) is 0.765. The average molecular weight is 1880 g/mol. The zero-order valence-corrected chi connectivity index (χ0v) is 67.7. The molecule has 128 heavy (non-hydrogen) atoms. The van der Waals surface area contributed by atoms with E-state index in [0.29, 0.717) is 0 Å². The summed E-state index contributed by atoms with van der Waals surface area (Å²) in [6, 6.07) is -3.71. The maximum Gasteiger partial charge on any atom is 0.217 e. The van der Waals surface area contributed by atoms with Crippen LogP contribution >= 0.6 is 0 Å². The summed E-state index contributed by atoms with van der Waals surface area (Å²) >= 11 is 0. The molecule has 0 aromatic rings.